The summed E-state index contributed by atoms with van der Waals surface area (Å²) in [5, 5.41) is 2.94. The number of primary amides is 1. The first kappa shape index (κ1) is 17.0. The van der Waals surface area contributed by atoms with Crippen molar-refractivity contribution in [3.63, 3.8) is 0 Å². The topological polar surface area (TPSA) is 84.7 Å². The molecule has 22 heavy (non-hydrogen) atoms. The summed E-state index contributed by atoms with van der Waals surface area (Å²) in [7, 11) is 0. The van der Waals surface area contributed by atoms with E-state index >= 15 is 0 Å². The Morgan fingerprint density at radius 2 is 2.27 bits per heavy atom. The van der Waals surface area contributed by atoms with Gasteiger partial charge in [-0.05, 0) is 39.0 Å². The number of nitrogens with one attached hydrogen (secondary N) is 1. The summed E-state index contributed by atoms with van der Waals surface area (Å²) in [6.45, 7) is 3.74. The zero-order chi connectivity index (χ0) is 15.9. The highest BCUT2D eigenvalue weighted by atomic mass is 16.5. The van der Waals surface area contributed by atoms with E-state index in [1.807, 2.05) is 11.8 Å². The highest BCUT2D eigenvalue weighted by molar-refractivity contribution is 5.83. The molecule has 1 saturated heterocycles. The molecule has 2 aliphatic rings. The van der Waals surface area contributed by atoms with Crippen LogP contribution in [0.5, 0.6) is 0 Å². The third-order valence-corrected chi connectivity index (χ3v) is 4.39. The van der Waals surface area contributed by atoms with Crippen LogP contribution in [-0.2, 0) is 14.3 Å². The van der Waals surface area contributed by atoms with E-state index in [1.54, 1.807) is 0 Å². The third-order valence-electron chi connectivity index (χ3n) is 4.39. The second kappa shape index (κ2) is 8.29. The van der Waals surface area contributed by atoms with Crippen LogP contribution in [0.25, 0.3) is 0 Å². The maximum Gasteiger partial charge on any atom is 0.237 e. The number of allylic oxidation sites excluding steroid dienone is 1. The Bertz CT molecular complexity index is 436. The van der Waals surface area contributed by atoms with Crippen molar-refractivity contribution in [2.24, 2.45) is 5.73 Å². The summed E-state index contributed by atoms with van der Waals surface area (Å²) < 4.78 is 5.44. The minimum atomic E-state index is -0.527. The molecule has 1 aliphatic carbocycles. The zero-order valence-electron chi connectivity index (χ0n) is 13.3. The average Bonchev–Trinajstić information content (AvgIpc) is 2.48. The van der Waals surface area contributed by atoms with Crippen molar-refractivity contribution in [2.45, 2.75) is 51.2 Å². The Labute approximate surface area is 132 Å². The van der Waals surface area contributed by atoms with Crippen molar-refractivity contribution >= 4 is 11.8 Å². The quantitative estimate of drug-likeness (QED) is 0.703. The first-order valence-electron chi connectivity index (χ1n) is 8.17. The van der Waals surface area contributed by atoms with Gasteiger partial charge in [-0.15, -0.1) is 0 Å². The first-order valence-corrected chi connectivity index (χ1v) is 8.17. The summed E-state index contributed by atoms with van der Waals surface area (Å²) in [5.74, 6) is -0.496. The van der Waals surface area contributed by atoms with E-state index in [2.05, 4.69) is 11.4 Å². The maximum atomic E-state index is 12.1. The lowest BCUT2D eigenvalue weighted by atomic mass is 9.97. The number of amides is 2. The molecule has 2 rings (SSSR count). The van der Waals surface area contributed by atoms with Crippen molar-refractivity contribution < 1.29 is 14.3 Å². The predicted octanol–water partition coefficient (Wildman–Crippen LogP) is 0.568. The molecular formula is C16H27N3O3. The van der Waals surface area contributed by atoms with Crippen LogP contribution in [0.1, 0.15) is 39.0 Å². The van der Waals surface area contributed by atoms with Crippen LogP contribution < -0.4 is 11.1 Å². The number of ether oxygens (including phenoxy) is 1. The van der Waals surface area contributed by atoms with Crippen LogP contribution in [-0.4, -0.2) is 55.1 Å². The van der Waals surface area contributed by atoms with Gasteiger partial charge >= 0.3 is 0 Å². The Hall–Kier alpha value is -1.40. The SMILES string of the molecule is C[C@H]1OCCN(CC(=O)NCCC2=CCCCC2)[C@@H]1C(N)=O. The number of morpholine rings is 1. The van der Waals surface area contributed by atoms with Crippen LogP contribution in [0.3, 0.4) is 0 Å². The number of nitrogens with zero attached hydrogens (tertiary/aromatic N) is 1. The summed E-state index contributed by atoms with van der Waals surface area (Å²) in [4.78, 5) is 25.4. The van der Waals surface area contributed by atoms with Crippen LogP contribution in [0, 0.1) is 0 Å². The molecule has 1 fully saturated rings. The fraction of sp³-hybridized carbons (Fsp3) is 0.750. The van der Waals surface area contributed by atoms with Gasteiger partial charge in [-0.2, -0.15) is 0 Å². The van der Waals surface area contributed by atoms with Crippen molar-refractivity contribution in [1.82, 2.24) is 10.2 Å². The highest BCUT2D eigenvalue weighted by Gasteiger charge is 2.34. The fourth-order valence-electron chi connectivity index (χ4n) is 3.21. The van der Waals surface area contributed by atoms with Crippen LogP contribution >= 0.6 is 0 Å². The Morgan fingerprint density at radius 1 is 1.45 bits per heavy atom. The van der Waals surface area contributed by atoms with Gasteiger partial charge in [0.15, 0.2) is 0 Å². The molecule has 0 spiro atoms. The van der Waals surface area contributed by atoms with Gasteiger partial charge in [0.1, 0.15) is 6.04 Å². The molecule has 0 aromatic carbocycles. The average molecular weight is 309 g/mol. The molecule has 0 saturated carbocycles. The largest absolute Gasteiger partial charge is 0.375 e. The Balaban J connectivity index is 1.75. The number of carbonyl (C=O) groups is 2. The lowest BCUT2D eigenvalue weighted by Crippen LogP contribution is -2.58. The van der Waals surface area contributed by atoms with E-state index in [0.717, 1.165) is 19.3 Å². The Morgan fingerprint density at radius 3 is 2.95 bits per heavy atom. The van der Waals surface area contributed by atoms with Crippen molar-refractivity contribution in [2.75, 3.05) is 26.2 Å². The minimum absolute atomic E-state index is 0.0586. The summed E-state index contributed by atoms with van der Waals surface area (Å²) in [5.41, 5.74) is 6.87. The Kier molecular flexibility index (Phi) is 6.39. The fourth-order valence-corrected chi connectivity index (χ4v) is 3.21. The van der Waals surface area contributed by atoms with Gasteiger partial charge in [-0.3, -0.25) is 14.5 Å². The predicted molar refractivity (Wildman–Crippen MR) is 84.1 cm³/mol. The number of hydrogen-bond donors (Lipinski definition) is 2. The van der Waals surface area contributed by atoms with Gasteiger partial charge < -0.3 is 15.8 Å². The van der Waals surface area contributed by atoms with Crippen LogP contribution in [0.15, 0.2) is 11.6 Å². The maximum absolute atomic E-state index is 12.1. The van der Waals surface area contributed by atoms with E-state index in [4.69, 9.17) is 10.5 Å². The number of hydrogen-bond acceptors (Lipinski definition) is 4. The van der Waals surface area contributed by atoms with Crippen LogP contribution in [0.2, 0.25) is 0 Å². The van der Waals surface area contributed by atoms with E-state index in [0.29, 0.717) is 19.7 Å². The van der Waals surface area contributed by atoms with Gasteiger partial charge in [0.05, 0.1) is 19.3 Å². The summed E-state index contributed by atoms with van der Waals surface area (Å²) in [6, 6.07) is -0.527. The highest BCUT2D eigenvalue weighted by Crippen LogP contribution is 2.19. The third kappa shape index (κ3) is 4.81. The molecular weight excluding hydrogens is 282 g/mol. The van der Waals surface area contributed by atoms with Crippen molar-refractivity contribution in [1.29, 1.82) is 0 Å². The lowest BCUT2D eigenvalue weighted by molar-refractivity contribution is -0.139. The second-order valence-electron chi connectivity index (χ2n) is 6.10. The molecule has 6 nitrogen and oxygen atoms in total. The minimum Gasteiger partial charge on any atom is -0.375 e. The van der Waals surface area contributed by atoms with E-state index in [-0.39, 0.29) is 18.6 Å². The molecule has 0 unspecified atom stereocenters. The molecule has 6 heteroatoms. The second-order valence-corrected chi connectivity index (χ2v) is 6.10. The van der Waals surface area contributed by atoms with Gasteiger partial charge in [0.2, 0.25) is 11.8 Å². The molecule has 3 N–H and O–H groups in total. The van der Waals surface area contributed by atoms with Crippen molar-refractivity contribution in [3.05, 3.63) is 11.6 Å². The molecule has 1 heterocycles. The first-order chi connectivity index (χ1) is 10.6. The monoisotopic (exact) mass is 309 g/mol. The normalized spacial score (nSPS) is 26.3. The molecule has 124 valence electrons. The van der Waals surface area contributed by atoms with Gasteiger partial charge in [-0.25, -0.2) is 0 Å². The summed E-state index contributed by atoms with van der Waals surface area (Å²) >= 11 is 0. The van der Waals surface area contributed by atoms with E-state index in [1.165, 1.54) is 18.4 Å². The number of rotatable bonds is 6. The molecule has 0 aromatic rings. The lowest BCUT2D eigenvalue weighted by Gasteiger charge is -2.37. The molecule has 0 aromatic heterocycles. The smallest absolute Gasteiger partial charge is 0.237 e. The van der Waals surface area contributed by atoms with Crippen molar-refractivity contribution in [3.8, 4) is 0 Å². The molecule has 2 amide bonds. The van der Waals surface area contributed by atoms with Gasteiger partial charge in [-0.1, -0.05) is 11.6 Å². The van der Waals surface area contributed by atoms with E-state index < -0.39 is 11.9 Å². The number of nitrogens with two attached hydrogens (primary N) is 1. The molecule has 2 atom stereocenters. The summed E-state index contributed by atoms with van der Waals surface area (Å²) in [6.07, 6.45) is 7.79. The van der Waals surface area contributed by atoms with Crippen LogP contribution in [0.4, 0.5) is 0 Å². The zero-order valence-corrected chi connectivity index (χ0v) is 13.3. The van der Waals surface area contributed by atoms with E-state index in [9.17, 15) is 9.59 Å². The molecule has 0 radical (unpaired) electrons. The molecule has 1 aliphatic heterocycles. The van der Waals surface area contributed by atoms with Gasteiger partial charge in [0, 0.05) is 13.1 Å². The van der Waals surface area contributed by atoms with Gasteiger partial charge in [0.25, 0.3) is 0 Å². The standard InChI is InChI=1S/C16H27N3O3/c1-12-15(16(17)21)19(9-10-22-12)11-14(20)18-8-7-13-5-3-2-4-6-13/h5,12,15H,2-4,6-11H2,1H3,(H2,17,21)(H,18,20)/t12-,15+/m1/s1. The molecule has 0 bridgehead atoms. The number of carbonyl (C=O) groups excluding carboxylic acids is 2.